The van der Waals surface area contributed by atoms with Crippen LogP contribution in [-0.2, 0) is 0 Å². The summed E-state index contributed by atoms with van der Waals surface area (Å²) in [6.07, 6.45) is 0. The number of hydrogen-bond acceptors (Lipinski definition) is 12. The molecule has 0 atom stereocenters. The van der Waals surface area contributed by atoms with Crippen LogP contribution in [0.5, 0.6) is 0 Å². The first-order valence-corrected chi connectivity index (χ1v) is 40.9. The molecule has 0 aliphatic heterocycles. The molecule has 12 heteroatoms. The van der Waals surface area contributed by atoms with Crippen molar-refractivity contribution >= 4 is 98.1 Å². The van der Waals surface area contributed by atoms with Gasteiger partial charge in [-0.3, -0.25) is 0 Å². The largest absolute Gasteiger partial charge is 0.456 e. The van der Waals surface area contributed by atoms with Gasteiger partial charge in [0.1, 0.15) is 33.5 Å². The molecule has 18 aromatic carbocycles. The van der Waals surface area contributed by atoms with Crippen LogP contribution in [0.4, 0.5) is 0 Å². The highest BCUT2D eigenvalue weighted by Gasteiger charge is 2.21. The second-order valence-corrected chi connectivity index (χ2v) is 30.3. The number of furan rings is 3. The number of hydrogen-bond donors (Lipinski definition) is 0. The summed E-state index contributed by atoms with van der Waals surface area (Å²) in [7, 11) is 0. The second kappa shape index (κ2) is 31.6. The molecule has 0 amide bonds. The molecule has 0 aliphatic rings. The van der Waals surface area contributed by atoms with Crippen molar-refractivity contribution in [2.45, 2.75) is 0 Å². The van der Waals surface area contributed by atoms with Gasteiger partial charge in [0.25, 0.3) is 0 Å². The Morgan fingerprint density at radius 1 is 0.122 bits per heavy atom. The Morgan fingerprint density at radius 3 is 0.813 bits per heavy atom. The van der Waals surface area contributed by atoms with Gasteiger partial charge in [0.15, 0.2) is 52.4 Å². The average Bonchev–Trinajstić information content (AvgIpc) is 1.73. The van der Waals surface area contributed by atoms with Crippen LogP contribution in [0.3, 0.4) is 0 Å². The predicted molar refractivity (Wildman–Crippen MR) is 499 cm³/mol. The third-order valence-electron chi connectivity index (χ3n) is 22.6. The minimum atomic E-state index is 0.595. The van der Waals surface area contributed by atoms with Crippen LogP contribution in [0.2, 0.25) is 0 Å². The van der Waals surface area contributed by atoms with Crippen LogP contribution in [0.1, 0.15) is 0 Å². The van der Waals surface area contributed by atoms with Crippen LogP contribution >= 0.6 is 0 Å². The van der Waals surface area contributed by atoms with Gasteiger partial charge in [-0.25, -0.2) is 44.9 Å². The molecule has 0 spiro atoms. The van der Waals surface area contributed by atoms with Crippen molar-refractivity contribution in [2.75, 3.05) is 0 Å². The Bertz CT molecular complexity index is 8120. The molecule has 123 heavy (non-hydrogen) atoms. The van der Waals surface area contributed by atoms with Gasteiger partial charge in [-0.05, 0) is 132 Å². The summed E-state index contributed by atoms with van der Waals surface area (Å²) >= 11 is 0. The van der Waals surface area contributed by atoms with Crippen molar-refractivity contribution in [3.8, 4) is 136 Å². The lowest BCUT2D eigenvalue weighted by Crippen LogP contribution is -2.00. The molecule has 0 radical (unpaired) electrons. The third kappa shape index (κ3) is 14.4. The maximum Gasteiger partial charge on any atom is 0.164 e. The van der Waals surface area contributed by atoms with E-state index in [0.717, 1.165) is 160 Å². The van der Waals surface area contributed by atoms with E-state index in [1.54, 1.807) is 0 Å². The molecule has 24 rings (SSSR count). The highest BCUT2D eigenvalue weighted by Crippen LogP contribution is 2.40. The molecule has 12 nitrogen and oxygen atoms in total. The molecule has 576 valence electrons. The van der Waals surface area contributed by atoms with E-state index in [0.29, 0.717) is 52.4 Å². The summed E-state index contributed by atoms with van der Waals surface area (Å²) in [5, 5.41) is 13.6. The van der Waals surface area contributed by atoms with E-state index in [4.69, 9.17) is 58.1 Å². The van der Waals surface area contributed by atoms with Crippen LogP contribution in [0.15, 0.2) is 432 Å². The van der Waals surface area contributed by atoms with E-state index in [9.17, 15) is 0 Å². The first-order chi connectivity index (χ1) is 60.9. The molecule has 0 aliphatic carbocycles. The molecule has 6 aromatic heterocycles. The fraction of sp³-hybridized carbons (Fsp3) is 0. The molecule has 0 bridgehead atoms. The fourth-order valence-electron chi connectivity index (χ4n) is 16.4. The lowest BCUT2D eigenvalue weighted by atomic mass is 10.00. The summed E-state index contributed by atoms with van der Waals surface area (Å²) in [5.41, 5.74) is 20.3. The highest BCUT2D eigenvalue weighted by molar-refractivity contribution is 6.08. The maximum atomic E-state index is 6.21. The first kappa shape index (κ1) is 72.6. The van der Waals surface area contributed by atoms with Gasteiger partial charge in [-0.2, -0.15) is 0 Å². The van der Waals surface area contributed by atoms with E-state index < -0.39 is 0 Å². The summed E-state index contributed by atoms with van der Waals surface area (Å²) in [6.45, 7) is 0. The monoisotopic (exact) mass is 1580 g/mol. The van der Waals surface area contributed by atoms with E-state index in [2.05, 4.69) is 261 Å². The lowest BCUT2D eigenvalue weighted by Gasteiger charge is -2.11. The Balaban J connectivity index is 0.000000111. The van der Waals surface area contributed by atoms with E-state index >= 15 is 0 Å². The van der Waals surface area contributed by atoms with Gasteiger partial charge in [0, 0.05) is 82.4 Å². The van der Waals surface area contributed by atoms with Crippen molar-refractivity contribution in [2.24, 2.45) is 0 Å². The van der Waals surface area contributed by atoms with Gasteiger partial charge in [-0.15, -0.1) is 0 Å². The number of rotatable bonds is 12. The van der Waals surface area contributed by atoms with Crippen LogP contribution in [-0.4, -0.2) is 44.9 Å². The minimum Gasteiger partial charge on any atom is -0.456 e. The Labute approximate surface area is 706 Å². The topological polar surface area (TPSA) is 155 Å². The SMILES string of the molecule is c1ccc(-c2ccc(-c3nc(-c4ccc(-c5ccc6ccccc6c5)cc4)nc(-c4ccc5c(c4)oc4ccccc45)n3)cc2)cc1.c1ccc(-c2nc(-c3ccc4c(c3)oc3ccccc34)nc(-c3cccc4ccccc34)n2)cc1.c1ccc(-c2nc(-c3cccc(-c4ccc5c(c4)oc4ccccc45)c3)nc(-c3cccc4ccccc34)n2)cc1. The molecule has 24 aromatic rings. The predicted octanol–water partition coefficient (Wildman–Crippen LogP) is 28.8. The fourth-order valence-corrected chi connectivity index (χ4v) is 16.4. The van der Waals surface area contributed by atoms with Gasteiger partial charge >= 0.3 is 0 Å². The van der Waals surface area contributed by atoms with Gasteiger partial charge in [0.05, 0.1) is 0 Å². The van der Waals surface area contributed by atoms with Gasteiger partial charge < -0.3 is 13.3 Å². The number of para-hydroxylation sites is 3. The van der Waals surface area contributed by atoms with Crippen molar-refractivity contribution in [1.29, 1.82) is 0 Å². The summed E-state index contributed by atoms with van der Waals surface area (Å²) in [6, 6.07) is 143. The number of nitrogens with zero attached hydrogens (tertiary/aromatic N) is 9. The second-order valence-electron chi connectivity index (χ2n) is 30.3. The average molecular weight is 1580 g/mol. The molecular weight excluding hydrogens is 1510 g/mol. The normalized spacial score (nSPS) is 11.4. The van der Waals surface area contributed by atoms with Crippen molar-refractivity contribution in [3.63, 3.8) is 0 Å². The summed E-state index contributed by atoms with van der Waals surface area (Å²) < 4.78 is 18.5. The molecular formula is C111H69N9O3. The molecule has 0 saturated carbocycles. The molecule has 0 N–H and O–H groups in total. The first-order valence-electron chi connectivity index (χ1n) is 40.9. The number of aromatic nitrogens is 9. The van der Waals surface area contributed by atoms with E-state index in [1.807, 2.05) is 158 Å². The third-order valence-corrected chi connectivity index (χ3v) is 22.6. The highest BCUT2D eigenvalue weighted by atomic mass is 16.3. The lowest BCUT2D eigenvalue weighted by molar-refractivity contribution is 0.668. The zero-order valence-electron chi connectivity index (χ0n) is 66.1. The summed E-state index contributed by atoms with van der Waals surface area (Å²) in [4.78, 5) is 44.6. The smallest absolute Gasteiger partial charge is 0.164 e. The van der Waals surface area contributed by atoms with Gasteiger partial charge in [0.2, 0.25) is 0 Å². The van der Waals surface area contributed by atoms with E-state index in [1.165, 1.54) is 21.9 Å². The number of fused-ring (bicyclic) bond motifs is 12. The van der Waals surface area contributed by atoms with Crippen molar-refractivity contribution < 1.29 is 13.3 Å². The van der Waals surface area contributed by atoms with Crippen LogP contribution in [0, 0.1) is 0 Å². The molecule has 6 heterocycles. The quantitative estimate of drug-likeness (QED) is 0.114. The minimum absolute atomic E-state index is 0.595. The van der Waals surface area contributed by atoms with Gasteiger partial charge in [-0.1, -0.05) is 352 Å². The van der Waals surface area contributed by atoms with Crippen molar-refractivity contribution in [3.05, 3.63) is 419 Å². The van der Waals surface area contributed by atoms with E-state index in [-0.39, 0.29) is 0 Å². The molecule has 0 unspecified atom stereocenters. The Hall–Kier alpha value is -16.8. The van der Waals surface area contributed by atoms with Crippen molar-refractivity contribution in [1.82, 2.24) is 44.9 Å². The van der Waals surface area contributed by atoms with Crippen LogP contribution in [0.25, 0.3) is 234 Å². The number of benzene rings is 18. The summed E-state index contributed by atoms with van der Waals surface area (Å²) in [5.74, 6) is 5.67. The standard InChI is InChI=1S/C43H27N3O.C37H23N3O.C31H19N3O/c1-2-8-28(9-3-1)30-14-19-32(20-15-30)41-44-42(33-21-16-31(17-22-33)35-23-18-29-10-4-5-11-34(29)26-35)46-43(45-41)36-24-25-38-37-12-6-7-13-39(37)47-40(38)27-36;1-2-11-25(12-3-1)35-38-36(40-37(39-35)32-18-9-13-24-10-4-5-16-29(24)32)28-15-8-14-26(22-28)27-20-21-31-30-17-6-7-19-33(30)41-34(31)23-27;1-2-10-21(11-3-1)29-32-30(22-17-18-25-24-14-6-7-16-27(24)35-28(25)19-22)34-31(33-29)26-15-8-12-20-9-4-5-13-23(20)26/h1-27H;1-23H;1-19H. The molecule has 0 saturated heterocycles. The zero-order valence-corrected chi connectivity index (χ0v) is 66.1. The Morgan fingerprint density at radius 2 is 0.366 bits per heavy atom. The Kier molecular flexibility index (Phi) is 18.6. The molecule has 0 fully saturated rings. The maximum absolute atomic E-state index is 6.21. The van der Waals surface area contributed by atoms with Crippen LogP contribution < -0.4 is 0 Å². The zero-order chi connectivity index (χ0) is 81.5.